The van der Waals surface area contributed by atoms with Crippen LogP contribution in [0.5, 0.6) is 0 Å². The maximum Gasteiger partial charge on any atom is 0.252 e. The minimum absolute atomic E-state index is 0.0372. The van der Waals surface area contributed by atoms with Crippen LogP contribution in [-0.4, -0.2) is 22.1 Å². The molecule has 1 aliphatic rings. The number of pyridine rings is 2. The summed E-state index contributed by atoms with van der Waals surface area (Å²) in [6.07, 6.45) is 3.49. The number of nitriles is 1. The fraction of sp³-hybridized carbons (Fsp3) is 0.500. The van der Waals surface area contributed by atoms with Crippen LogP contribution in [0.2, 0.25) is 0 Å². The third kappa shape index (κ3) is 2.70. The number of anilines is 1. The highest BCUT2D eigenvalue weighted by molar-refractivity contribution is 5.88. The molecule has 2 unspecified atom stereocenters. The van der Waals surface area contributed by atoms with E-state index < -0.39 is 0 Å². The Morgan fingerprint density at radius 2 is 2.17 bits per heavy atom. The molecule has 0 radical (unpaired) electrons. The molecule has 0 saturated carbocycles. The molecular formula is C18H22N4O. The maximum atomic E-state index is 12.4. The SMILES string of the molecule is CCC1CCC(C)N(c2cc(=O)n(C)c3ccc(C#N)nc23)C1. The Labute approximate surface area is 136 Å². The molecule has 2 aromatic heterocycles. The second kappa shape index (κ2) is 6.04. The van der Waals surface area contributed by atoms with Crippen LogP contribution in [0, 0.1) is 17.2 Å². The number of aryl methyl sites for hydroxylation is 1. The average molecular weight is 310 g/mol. The van der Waals surface area contributed by atoms with Gasteiger partial charge < -0.3 is 9.47 Å². The van der Waals surface area contributed by atoms with Gasteiger partial charge in [0.2, 0.25) is 0 Å². The standard InChI is InChI=1S/C18H22N4O/c1-4-13-6-5-12(2)22(11-13)16-9-17(23)21(3)15-8-7-14(10-19)20-18(15)16/h7-9,12-13H,4-6,11H2,1-3H3. The monoisotopic (exact) mass is 310 g/mol. The Balaban J connectivity index is 2.21. The zero-order valence-corrected chi connectivity index (χ0v) is 13.9. The van der Waals surface area contributed by atoms with Crippen molar-refractivity contribution in [2.75, 3.05) is 11.4 Å². The Hall–Kier alpha value is -2.35. The van der Waals surface area contributed by atoms with Crippen LogP contribution in [-0.2, 0) is 7.05 Å². The number of nitrogens with zero attached hydrogens (tertiary/aromatic N) is 4. The van der Waals surface area contributed by atoms with Gasteiger partial charge in [0.1, 0.15) is 17.3 Å². The van der Waals surface area contributed by atoms with Crippen molar-refractivity contribution in [2.45, 2.75) is 39.2 Å². The van der Waals surface area contributed by atoms with E-state index >= 15 is 0 Å². The first-order chi connectivity index (χ1) is 11.0. The molecule has 120 valence electrons. The lowest BCUT2D eigenvalue weighted by atomic mass is 9.91. The van der Waals surface area contributed by atoms with Gasteiger partial charge in [-0.3, -0.25) is 4.79 Å². The molecule has 23 heavy (non-hydrogen) atoms. The third-order valence-corrected chi connectivity index (χ3v) is 5.05. The van der Waals surface area contributed by atoms with Crippen molar-refractivity contribution in [3.63, 3.8) is 0 Å². The number of hydrogen-bond donors (Lipinski definition) is 0. The molecule has 0 amide bonds. The lowest BCUT2D eigenvalue weighted by Crippen LogP contribution is -2.42. The van der Waals surface area contributed by atoms with Crippen molar-refractivity contribution in [1.82, 2.24) is 9.55 Å². The molecule has 2 aromatic rings. The van der Waals surface area contributed by atoms with Crippen molar-refractivity contribution < 1.29 is 0 Å². The summed E-state index contributed by atoms with van der Waals surface area (Å²) in [5.74, 6) is 0.643. The minimum atomic E-state index is -0.0372. The van der Waals surface area contributed by atoms with Crippen LogP contribution >= 0.6 is 0 Å². The van der Waals surface area contributed by atoms with Crippen molar-refractivity contribution in [2.24, 2.45) is 13.0 Å². The number of piperidine rings is 1. The summed E-state index contributed by atoms with van der Waals surface area (Å²) in [5, 5.41) is 9.16. The first-order valence-electron chi connectivity index (χ1n) is 8.22. The van der Waals surface area contributed by atoms with Gasteiger partial charge in [-0.1, -0.05) is 13.3 Å². The Kier molecular flexibility index (Phi) is 4.08. The molecule has 0 N–H and O–H groups in total. The van der Waals surface area contributed by atoms with Crippen LogP contribution in [0.4, 0.5) is 5.69 Å². The molecule has 1 aliphatic heterocycles. The van der Waals surface area contributed by atoms with Gasteiger partial charge >= 0.3 is 0 Å². The third-order valence-electron chi connectivity index (χ3n) is 5.05. The van der Waals surface area contributed by atoms with Crippen molar-refractivity contribution in [1.29, 1.82) is 5.26 Å². The van der Waals surface area contributed by atoms with Gasteiger partial charge in [0.05, 0.1) is 11.2 Å². The molecular weight excluding hydrogens is 288 g/mol. The molecule has 1 saturated heterocycles. The van der Waals surface area contributed by atoms with Crippen LogP contribution < -0.4 is 10.5 Å². The summed E-state index contributed by atoms with van der Waals surface area (Å²) in [6, 6.07) is 7.63. The zero-order valence-electron chi connectivity index (χ0n) is 13.9. The minimum Gasteiger partial charge on any atom is -0.367 e. The maximum absolute atomic E-state index is 12.4. The molecule has 0 spiro atoms. The van der Waals surface area contributed by atoms with Gasteiger partial charge in [-0.05, 0) is 37.8 Å². The van der Waals surface area contributed by atoms with E-state index in [-0.39, 0.29) is 5.56 Å². The summed E-state index contributed by atoms with van der Waals surface area (Å²) in [5.41, 5.74) is 2.73. The van der Waals surface area contributed by atoms with E-state index in [2.05, 4.69) is 29.8 Å². The molecule has 3 rings (SSSR count). The number of hydrogen-bond acceptors (Lipinski definition) is 4. The topological polar surface area (TPSA) is 61.9 Å². The smallest absolute Gasteiger partial charge is 0.252 e. The summed E-state index contributed by atoms with van der Waals surface area (Å²) >= 11 is 0. The Morgan fingerprint density at radius 3 is 2.87 bits per heavy atom. The number of fused-ring (bicyclic) bond motifs is 1. The second-order valence-electron chi connectivity index (χ2n) is 6.46. The predicted octanol–water partition coefficient (Wildman–Crippen LogP) is 2.82. The van der Waals surface area contributed by atoms with Gasteiger partial charge in [-0.25, -0.2) is 4.98 Å². The highest BCUT2D eigenvalue weighted by Gasteiger charge is 2.27. The van der Waals surface area contributed by atoms with Gasteiger partial charge in [-0.15, -0.1) is 0 Å². The zero-order chi connectivity index (χ0) is 16.6. The molecule has 2 atom stereocenters. The normalized spacial score (nSPS) is 21.4. The highest BCUT2D eigenvalue weighted by atomic mass is 16.1. The molecule has 1 fully saturated rings. The molecule has 3 heterocycles. The Morgan fingerprint density at radius 1 is 1.39 bits per heavy atom. The molecule has 0 aromatic carbocycles. The molecule has 5 heteroatoms. The van der Waals surface area contributed by atoms with Crippen LogP contribution in [0.3, 0.4) is 0 Å². The van der Waals surface area contributed by atoms with Crippen molar-refractivity contribution in [3.8, 4) is 6.07 Å². The van der Waals surface area contributed by atoms with Crippen LogP contribution in [0.1, 0.15) is 38.8 Å². The summed E-state index contributed by atoms with van der Waals surface area (Å²) in [7, 11) is 1.75. The van der Waals surface area contributed by atoms with E-state index in [0.29, 0.717) is 17.7 Å². The molecule has 0 bridgehead atoms. The lowest BCUT2D eigenvalue weighted by Gasteiger charge is -2.39. The lowest BCUT2D eigenvalue weighted by molar-refractivity contribution is 0.359. The van der Waals surface area contributed by atoms with Gasteiger partial charge in [0.15, 0.2) is 0 Å². The summed E-state index contributed by atoms with van der Waals surface area (Å²) in [4.78, 5) is 19.1. The first kappa shape index (κ1) is 15.5. The van der Waals surface area contributed by atoms with Gasteiger partial charge in [0, 0.05) is 25.7 Å². The largest absolute Gasteiger partial charge is 0.367 e. The highest BCUT2D eigenvalue weighted by Crippen LogP contribution is 2.32. The van der Waals surface area contributed by atoms with Crippen molar-refractivity contribution >= 4 is 16.7 Å². The fourth-order valence-electron chi connectivity index (χ4n) is 3.44. The first-order valence-corrected chi connectivity index (χ1v) is 8.22. The predicted molar refractivity (Wildman–Crippen MR) is 91.5 cm³/mol. The molecule has 0 aliphatic carbocycles. The summed E-state index contributed by atoms with van der Waals surface area (Å²) < 4.78 is 1.60. The van der Waals surface area contributed by atoms with Gasteiger partial charge in [-0.2, -0.15) is 5.26 Å². The van der Waals surface area contributed by atoms with Crippen molar-refractivity contribution in [3.05, 3.63) is 34.2 Å². The molecule has 5 nitrogen and oxygen atoms in total. The van der Waals surface area contributed by atoms with E-state index in [9.17, 15) is 4.79 Å². The second-order valence-corrected chi connectivity index (χ2v) is 6.46. The number of aromatic nitrogens is 2. The average Bonchev–Trinajstić information content (AvgIpc) is 2.58. The van der Waals surface area contributed by atoms with E-state index in [1.807, 2.05) is 6.07 Å². The van der Waals surface area contributed by atoms with Gasteiger partial charge in [0.25, 0.3) is 5.56 Å². The van der Waals surface area contributed by atoms with Crippen LogP contribution in [0.25, 0.3) is 11.0 Å². The van der Waals surface area contributed by atoms with E-state index in [1.54, 1.807) is 23.7 Å². The van der Waals surface area contributed by atoms with Crippen LogP contribution in [0.15, 0.2) is 23.0 Å². The quantitative estimate of drug-likeness (QED) is 0.855. The van der Waals surface area contributed by atoms with E-state index in [4.69, 9.17) is 5.26 Å². The van der Waals surface area contributed by atoms with E-state index in [0.717, 1.165) is 36.1 Å². The number of rotatable bonds is 2. The van der Waals surface area contributed by atoms with E-state index in [1.165, 1.54) is 6.42 Å². The summed E-state index contributed by atoms with van der Waals surface area (Å²) in [6.45, 7) is 5.36. The Bertz CT molecular complexity index is 833. The fourth-order valence-corrected chi connectivity index (χ4v) is 3.44.